The molecule has 0 saturated carbocycles. The van der Waals surface area contributed by atoms with Crippen molar-refractivity contribution < 1.29 is 9.90 Å². The van der Waals surface area contributed by atoms with Crippen LogP contribution in [0, 0.1) is 0 Å². The fraction of sp³-hybridized carbons (Fsp3) is 0.364. The van der Waals surface area contributed by atoms with Crippen LogP contribution >= 0.6 is 15.9 Å². The van der Waals surface area contributed by atoms with Crippen molar-refractivity contribution in [3.8, 4) is 0 Å². The maximum atomic E-state index is 10.7. The van der Waals surface area contributed by atoms with Crippen LogP contribution in [0.5, 0.6) is 0 Å². The second kappa shape index (κ2) is 5.16. The van der Waals surface area contributed by atoms with E-state index in [0.29, 0.717) is 0 Å². The maximum Gasteiger partial charge on any atom is 0.323 e. The van der Waals surface area contributed by atoms with Crippen molar-refractivity contribution in [3.05, 3.63) is 28.7 Å². The van der Waals surface area contributed by atoms with Crippen molar-refractivity contribution in [1.82, 2.24) is 0 Å². The first-order chi connectivity index (χ1) is 7.00. The van der Waals surface area contributed by atoms with Crippen molar-refractivity contribution >= 4 is 27.6 Å². The summed E-state index contributed by atoms with van der Waals surface area (Å²) in [5, 5.41) is 8.80. The molecule has 0 fully saturated rings. The summed E-state index contributed by atoms with van der Waals surface area (Å²) >= 11 is 3.35. The third-order valence-electron chi connectivity index (χ3n) is 2.09. The van der Waals surface area contributed by atoms with Crippen LogP contribution in [0.1, 0.15) is 13.8 Å². The fourth-order valence-electron chi connectivity index (χ4n) is 1.35. The first-order valence-corrected chi connectivity index (χ1v) is 5.54. The molecule has 0 aliphatic heterocycles. The monoisotopic (exact) mass is 271 g/mol. The quantitative estimate of drug-likeness (QED) is 0.916. The third-order valence-corrected chi connectivity index (χ3v) is 2.62. The van der Waals surface area contributed by atoms with Gasteiger partial charge in [0.15, 0.2) is 0 Å². The highest BCUT2D eigenvalue weighted by molar-refractivity contribution is 9.10. The number of carboxylic acid groups (broad SMARTS) is 1. The SMILES string of the molecule is CC(C)N(CC(=O)O)c1ccc(Br)cc1. The van der Waals surface area contributed by atoms with Gasteiger partial charge in [-0.15, -0.1) is 0 Å². The number of carboxylic acids is 1. The molecule has 0 unspecified atom stereocenters. The molecule has 4 heteroatoms. The lowest BCUT2D eigenvalue weighted by Crippen LogP contribution is -2.35. The van der Waals surface area contributed by atoms with Gasteiger partial charge >= 0.3 is 5.97 Å². The summed E-state index contributed by atoms with van der Waals surface area (Å²) in [7, 11) is 0. The number of hydrogen-bond acceptors (Lipinski definition) is 2. The average Bonchev–Trinajstić information content (AvgIpc) is 2.15. The van der Waals surface area contributed by atoms with Crippen molar-refractivity contribution in [2.24, 2.45) is 0 Å². The second-order valence-electron chi connectivity index (χ2n) is 3.59. The van der Waals surface area contributed by atoms with Gasteiger partial charge in [0.05, 0.1) is 0 Å². The Morgan fingerprint density at radius 1 is 1.40 bits per heavy atom. The number of carbonyl (C=O) groups is 1. The van der Waals surface area contributed by atoms with Crippen molar-refractivity contribution in [1.29, 1.82) is 0 Å². The van der Waals surface area contributed by atoms with Gasteiger partial charge in [-0.05, 0) is 38.1 Å². The Labute approximate surface area is 97.8 Å². The summed E-state index contributed by atoms with van der Waals surface area (Å²) in [6.07, 6.45) is 0. The van der Waals surface area contributed by atoms with Crippen LogP contribution in [0.2, 0.25) is 0 Å². The van der Waals surface area contributed by atoms with Gasteiger partial charge in [-0.1, -0.05) is 15.9 Å². The van der Waals surface area contributed by atoms with E-state index in [1.165, 1.54) is 0 Å². The molecule has 1 aromatic rings. The van der Waals surface area contributed by atoms with Crippen molar-refractivity contribution in [2.45, 2.75) is 19.9 Å². The van der Waals surface area contributed by atoms with Gasteiger partial charge in [-0.25, -0.2) is 0 Å². The fourth-order valence-corrected chi connectivity index (χ4v) is 1.61. The maximum absolute atomic E-state index is 10.7. The average molecular weight is 272 g/mol. The summed E-state index contributed by atoms with van der Waals surface area (Å²) in [6.45, 7) is 3.98. The number of aliphatic carboxylic acids is 1. The zero-order chi connectivity index (χ0) is 11.4. The summed E-state index contributed by atoms with van der Waals surface area (Å²) in [6, 6.07) is 7.81. The standard InChI is InChI=1S/C11H14BrNO2/c1-8(2)13(7-11(14)15)10-5-3-9(12)4-6-10/h3-6,8H,7H2,1-2H3,(H,14,15). The number of nitrogens with zero attached hydrogens (tertiary/aromatic N) is 1. The Hall–Kier alpha value is -1.03. The number of hydrogen-bond donors (Lipinski definition) is 1. The lowest BCUT2D eigenvalue weighted by atomic mass is 10.2. The Kier molecular flexibility index (Phi) is 4.15. The van der Waals surface area contributed by atoms with Gasteiger partial charge in [-0.3, -0.25) is 4.79 Å². The molecule has 0 aliphatic carbocycles. The van der Waals surface area contributed by atoms with Crippen LogP contribution in [-0.4, -0.2) is 23.7 Å². The molecule has 1 aromatic carbocycles. The number of rotatable bonds is 4. The third kappa shape index (κ3) is 3.55. The van der Waals surface area contributed by atoms with Crippen molar-refractivity contribution in [2.75, 3.05) is 11.4 Å². The Balaban J connectivity index is 2.88. The van der Waals surface area contributed by atoms with E-state index in [1.54, 1.807) is 0 Å². The van der Waals surface area contributed by atoms with Crippen LogP contribution in [0.4, 0.5) is 5.69 Å². The van der Waals surface area contributed by atoms with Crippen LogP contribution in [0.3, 0.4) is 0 Å². The molecule has 3 nitrogen and oxygen atoms in total. The predicted molar refractivity (Wildman–Crippen MR) is 64.3 cm³/mol. The number of halogens is 1. The molecule has 0 atom stereocenters. The van der Waals surface area contributed by atoms with E-state index in [2.05, 4.69) is 15.9 Å². The molecule has 15 heavy (non-hydrogen) atoms. The normalized spacial score (nSPS) is 10.4. The molecule has 1 rings (SSSR count). The molecule has 0 aliphatic rings. The first kappa shape index (κ1) is 12.0. The van der Waals surface area contributed by atoms with Crippen LogP contribution in [0.25, 0.3) is 0 Å². The highest BCUT2D eigenvalue weighted by atomic mass is 79.9. The highest BCUT2D eigenvalue weighted by Crippen LogP contribution is 2.20. The number of benzene rings is 1. The molecule has 0 radical (unpaired) electrons. The van der Waals surface area contributed by atoms with E-state index in [4.69, 9.17) is 5.11 Å². The lowest BCUT2D eigenvalue weighted by Gasteiger charge is -2.27. The summed E-state index contributed by atoms with van der Waals surface area (Å²) in [4.78, 5) is 12.5. The smallest absolute Gasteiger partial charge is 0.323 e. The van der Waals surface area contributed by atoms with E-state index in [0.717, 1.165) is 10.2 Å². The molecular formula is C11H14BrNO2. The minimum atomic E-state index is -0.813. The van der Waals surface area contributed by atoms with Gasteiger partial charge in [0, 0.05) is 16.2 Å². The summed E-state index contributed by atoms with van der Waals surface area (Å²) in [5.74, 6) is -0.813. The van der Waals surface area contributed by atoms with E-state index < -0.39 is 5.97 Å². The van der Waals surface area contributed by atoms with Gasteiger partial charge in [0.1, 0.15) is 6.54 Å². The molecule has 1 N–H and O–H groups in total. The number of anilines is 1. The van der Waals surface area contributed by atoms with E-state index in [-0.39, 0.29) is 12.6 Å². The Morgan fingerprint density at radius 2 is 1.93 bits per heavy atom. The van der Waals surface area contributed by atoms with Crippen LogP contribution in [-0.2, 0) is 4.79 Å². The molecule has 0 bridgehead atoms. The highest BCUT2D eigenvalue weighted by Gasteiger charge is 2.13. The molecule has 0 saturated heterocycles. The molecule has 0 aromatic heterocycles. The van der Waals surface area contributed by atoms with E-state index >= 15 is 0 Å². The summed E-state index contributed by atoms with van der Waals surface area (Å²) < 4.78 is 0.991. The van der Waals surface area contributed by atoms with Crippen molar-refractivity contribution in [3.63, 3.8) is 0 Å². The van der Waals surface area contributed by atoms with Gasteiger partial charge in [0.25, 0.3) is 0 Å². The van der Waals surface area contributed by atoms with Crippen LogP contribution < -0.4 is 4.90 Å². The molecule has 0 spiro atoms. The van der Waals surface area contributed by atoms with E-state index in [1.807, 2.05) is 43.0 Å². The largest absolute Gasteiger partial charge is 0.480 e. The van der Waals surface area contributed by atoms with Gasteiger partial charge in [-0.2, -0.15) is 0 Å². The molecular weight excluding hydrogens is 258 g/mol. The Morgan fingerprint density at radius 3 is 2.33 bits per heavy atom. The van der Waals surface area contributed by atoms with E-state index in [9.17, 15) is 4.79 Å². The van der Waals surface area contributed by atoms with Gasteiger partial charge < -0.3 is 10.0 Å². The lowest BCUT2D eigenvalue weighted by molar-refractivity contribution is -0.135. The predicted octanol–water partition coefficient (Wildman–Crippen LogP) is 2.75. The summed E-state index contributed by atoms with van der Waals surface area (Å²) in [5.41, 5.74) is 0.926. The molecule has 82 valence electrons. The zero-order valence-electron chi connectivity index (χ0n) is 8.77. The minimum absolute atomic E-state index is 0.0271. The topological polar surface area (TPSA) is 40.5 Å². The van der Waals surface area contributed by atoms with Crippen LogP contribution in [0.15, 0.2) is 28.7 Å². The Bertz CT molecular complexity index is 335. The second-order valence-corrected chi connectivity index (χ2v) is 4.51. The minimum Gasteiger partial charge on any atom is -0.480 e. The molecule has 0 heterocycles. The molecule has 0 amide bonds. The van der Waals surface area contributed by atoms with Gasteiger partial charge in [0.2, 0.25) is 0 Å². The zero-order valence-corrected chi connectivity index (χ0v) is 10.4. The first-order valence-electron chi connectivity index (χ1n) is 4.74.